The van der Waals surface area contributed by atoms with Crippen LogP contribution in [0.25, 0.3) is 10.2 Å². The Morgan fingerprint density at radius 3 is 2.35 bits per heavy atom. The average molecular weight is 492 g/mol. The van der Waals surface area contributed by atoms with Gasteiger partial charge in [0.25, 0.3) is 0 Å². The Labute approximate surface area is 206 Å². The molecule has 1 atom stereocenters. The standard InChI is InChI=1S/C25H25N5O2S2/c26-23(31)27-16-15-20(17-33-25-29-21-13-7-8-14-22(21)34-25)30(19-11-5-2-6-12-19)24(32)28-18-9-3-1-4-10-18/h1-14,20H,15-17H2,(H,28,32)(H3,26,27,31). The van der Waals surface area contributed by atoms with E-state index in [1.807, 2.05) is 78.9 Å². The Morgan fingerprint density at radius 1 is 0.971 bits per heavy atom. The van der Waals surface area contributed by atoms with E-state index in [-0.39, 0.29) is 12.1 Å². The van der Waals surface area contributed by atoms with Gasteiger partial charge in [-0.15, -0.1) is 11.3 Å². The van der Waals surface area contributed by atoms with E-state index >= 15 is 0 Å². The van der Waals surface area contributed by atoms with Gasteiger partial charge in [0.2, 0.25) is 0 Å². The fourth-order valence-corrected chi connectivity index (χ4v) is 5.74. The second kappa shape index (κ2) is 11.5. The second-order valence-electron chi connectivity index (χ2n) is 7.49. The first-order valence-electron chi connectivity index (χ1n) is 10.8. The summed E-state index contributed by atoms with van der Waals surface area (Å²) in [4.78, 5) is 31.2. The van der Waals surface area contributed by atoms with Gasteiger partial charge < -0.3 is 16.4 Å². The van der Waals surface area contributed by atoms with Gasteiger partial charge in [-0.2, -0.15) is 0 Å². The summed E-state index contributed by atoms with van der Waals surface area (Å²) < 4.78 is 2.06. The summed E-state index contributed by atoms with van der Waals surface area (Å²) in [6.07, 6.45) is 0.526. The molecule has 0 saturated heterocycles. The Hall–Kier alpha value is -3.56. The van der Waals surface area contributed by atoms with Gasteiger partial charge in [0.15, 0.2) is 4.34 Å². The van der Waals surface area contributed by atoms with Crippen molar-refractivity contribution in [2.45, 2.75) is 16.8 Å². The van der Waals surface area contributed by atoms with E-state index in [4.69, 9.17) is 10.7 Å². The molecule has 1 heterocycles. The normalized spacial score (nSPS) is 11.6. The minimum atomic E-state index is -0.586. The minimum Gasteiger partial charge on any atom is -0.352 e. The molecular weight excluding hydrogens is 466 g/mol. The number of urea groups is 2. The topological polar surface area (TPSA) is 100 Å². The number of anilines is 2. The number of benzene rings is 3. The van der Waals surface area contributed by atoms with Crippen LogP contribution in [-0.4, -0.2) is 35.4 Å². The summed E-state index contributed by atoms with van der Waals surface area (Å²) in [6, 6.07) is 25.8. The number of nitrogens with zero attached hydrogens (tertiary/aromatic N) is 2. The van der Waals surface area contributed by atoms with Crippen LogP contribution in [0.4, 0.5) is 21.0 Å². The molecule has 0 aliphatic heterocycles. The first kappa shape index (κ1) is 23.6. The molecule has 4 N–H and O–H groups in total. The lowest BCUT2D eigenvalue weighted by Gasteiger charge is -2.32. The first-order chi connectivity index (χ1) is 16.6. The lowest BCUT2D eigenvalue weighted by molar-refractivity contribution is 0.248. The summed E-state index contributed by atoms with van der Waals surface area (Å²) in [5, 5.41) is 5.64. The number of thiazole rings is 1. The molecule has 0 saturated carbocycles. The van der Waals surface area contributed by atoms with E-state index in [1.54, 1.807) is 28.0 Å². The highest BCUT2D eigenvalue weighted by atomic mass is 32.2. The minimum absolute atomic E-state index is 0.227. The van der Waals surface area contributed by atoms with Gasteiger partial charge in [-0.3, -0.25) is 4.90 Å². The number of carbonyl (C=O) groups excluding carboxylic acids is 2. The number of hydrogen-bond acceptors (Lipinski definition) is 5. The van der Waals surface area contributed by atoms with Crippen LogP contribution in [0.15, 0.2) is 89.3 Å². The molecule has 0 bridgehead atoms. The fourth-order valence-electron chi connectivity index (χ4n) is 3.52. The van der Waals surface area contributed by atoms with Crippen LogP contribution in [0, 0.1) is 0 Å². The van der Waals surface area contributed by atoms with Gasteiger partial charge in [-0.05, 0) is 42.8 Å². The van der Waals surface area contributed by atoms with Gasteiger partial charge in [0.05, 0.1) is 10.2 Å². The van der Waals surface area contributed by atoms with Crippen molar-refractivity contribution in [3.8, 4) is 0 Å². The SMILES string of the molecule is NC(=O)NCCC(CSc1nc2ccccc2s1)N(C(=O)Nc1ccccc1)c1ccccc1. The van der Waals surface area contributed by atoms with Crippen molar-refractivity contribution < 1.29 is 9.59 Å². The molecule has 3 aromatic carbocycles. The van der Waals surface area contributed by atoms with Crippen molar-refractivity contribution >= 4 is 56.8 Å². The predicted octanol–water partition coefficient (Wildman–Crippen LogP) is 5.55. The summed E-state index contributed by atoms with van der Waals surface area (Å²) in [6.45, 7) is 0.350. The Kier molecular flexibility index (Phi) is 8.00. The summed E-state index contributed by atoms with van der Waals surface area (Å²) in [5.74, 6) is 0.595. The highest BCUT2D eigenvalue weighted by Gasteiger charge is 2.26. The quantitative estimate of drug-likeness (QED) is 0.267. The number of para-hydroxylation sites is 3. The molecule has 0 aliphatic rings. The number of aromatic nitrogens is 1. The van der Waals surface area contributed by atoms with Crippen LogP contribution >= 0.6 is 23.1 Å². The largest absolute Gasteiger partial charge is 0.352 e. The smallest absolute Gasteiger partial charge is 0.326 e. The van der Waals surface area contributed by atoms with Gasteiger partial charge in [-0.25, -0.2) is 14.6 Å². The first-order valence-corrected chi connectivity index (χ1v) is 12.6. The van der Waals surface area contributed by atoms with E-state index < -0.39 is 6.03 Å². The van der Waals surface area contributed by atoms with Gasteiger partial charge >= 0.3 is 12.1 Å². The third kappa shape index (κ3) is 6.27. The molecule has 174 valence electrons. The number of thioether (sulfide) groups is 1. The van der Waals surface area contributed by atoms with Crippen LogP contribution in [0.2, 0.25) is 0 Å². The molecule has 1 unspecified atom stereocenters. The molecule has 0 aliphatic carbocycles. The summed E-state index contributed by atoms with van der Waals surface area (Å²) in [5.41, 5.74) is 7.72. The van der Waals surface area contributed by atoms with Gasteiger partial charge in [-0.1, -0.05) is 60.3 Å². The fraction of sp³-hybridized carbons (Fsp3) is 0.160. The number of hydrogen-bond donors (Lipinski definition) is 3. The molecule has 4 amide bonds. The van der Waals surface area contributed by atoms with Crippen LogP contribution in [0.1, 0.15) is 6.42 Å². The molecule has 0 fully saturated rings. The molecule has 1 aromatic heterocycles. The maximum absolute atomic E-state index is 13.5. The molecule has 34 heavy (non-hydrogen) atoms. The highest BCUT2D eigenvalue weighted by Crippen LogP contribution is 2.32. The van der Waals surface area contributed by atoms with Crippen LogP contribution in [0.5, 0.6) is 0 Å². The average Bonchev–Trinajstić information content (AvgIpc) is 3.26. The van der Waals surface area contributed by atoms with E-state index in [0.29, 0.717) is 24.4 Å². The zero-order chi connectivity index (χ0) is 23.8. The monoisotopic (exact) mass is 491 g/mol. The Balaban J connectivity index is 1.59. The number of amides is 4. The van der Waals surface area contributed by atoms with Crippen molar-refractivity contribution in [1.29, 1.82) is 0 Å². The molecule has 7 nitrogen and oxygen atoms in total. The van der Waals surface area contributed by atoms with Crippen molar-refractivity contribution in [2.75, 3.05) is 22.5 Å². The zero-order valence-electron chi connectivity index (χ0n) is 18.4. The van der Waals surface area contributed by atoms with Crippen molar-refractivity contribution in [2.24, 2.45) is 5.73 Å². The number of carbonyl (C=O) groups is 2. The number of primary amides is 1. The second-order valence-corrected chi connectivity index (χ2v) is 9.79. The van der Waals surface area contributed by atoms with E-state index in [1.165, 1.54) is 0 Å². The third-order valence-electron chi connectivity index (χ3n) is 5.09. The van der Waals surface area contributed by atoms with Crippen LogP contribution in [-0.2, 0) is 0 Å². The number of nitrogens with one attached hydrogen (secondary N) is 2. The maximum atomic E-state index is 13.5. The van der Waals surface area contributed by atoms with E-state index in [0.717, 1.165) is 20.2 Å². The van der Waals surface area contributed by atoms with E-state index in [2.05, 4.69) is 16.7 Å². The zero-order valence-corrected chi connectivity index (χ0v) is 20.0. The molecule has 0 spiro atoms. The predicted molar refractivity (Wildman–Crippen MR) is 141 cm³/mol. The number of rotatable bonds is 9. The Morgan fingerprint density at radius 2 is 1.65 bits per heavy atom. The van der Waals surface area contributed by atoms with Crippen molar-refractivity contribution in [1.82, 2.24) is 10.3 Å². The lowest BCUT2D eigenvalue weighted by atomic mass is 10.1. The lowest BCUT2D eigenvalue weighted by Crippen LogP contribution is -2.46. The highest BCUT2D eigenvalue weighted by molar-refractivity contribution is 8.01. The summed E-state index contributed by atoms with van der Waals surface area (Å²) >= 11 is 3.23. The molecular formula is C25H25N5O2S2. The van der Waals surface area contributed by atoms with Crippen LogP contribution in [0.3, 0.4) is 0 Å². The number of fused-ring (bicyclic) bond motifs is 1. The molecule has 4 aromatic rings. The number of nitrogens with two attached hydrogens (primary N) is 1. The maximum Gasteiger partial charge on any atom is 0.326 e. The van der Waals surface area contributed by atoms with Gasteiger partial charge in [0.1, 0.15) is 0 Å². The Bertz CT molecular complexity index is 1200. The third-order valence-corrected chi connectivity index (χ3v) is 7.42. The molecule has 4 rings (SSSR count). The van der Waals surface area contributed by atoms with Crippen LogP contribution < -0.4 is 21.3 Å². The molecule has 9 heteroatoms. The molecule has 0 radical (unpaired) electrons. The van der Waals surface area contributed by atoms with Gasteiger partial charge in [0, 0.05) is 29.7 Å². The summed E-state index contributed by atoms with van der Waals surface area (Å²) in [7, 11) is 0. The van der Waals surface area contributed by atoms with Crippen molar-refractivity contribution in [3.63, 3.8) is 0 Å². The van der Waals surface area contributed by atoms with Crippen molar-refractivity contribution in [3.05, 3.63) is 84.9 Å². The van der Waals surface area contributed by atoms with E-state index in [9.17, 15) is 9.59 Å².